The molecule has 0 saturated heterocycles. The number of hydrogen-bond donors (Lipinski definition) is 4. The van der Waals surface area contributed by atoms with Crippen LogP contribution in [0.1, 0.15) is 0 Å². The van der Waals surface area contributed by atoms with Crippen LogP contribution in [0.5, 0.6) is 0 Å². The molecule has 0 aromatic carbocycles. The van der Waals surface area contributed by atoms with Crippen LogP contribution in [-0.2, 0) is 26.2 Å². The summed E-state index contributed by atoms with van der Waals surface area (Å²) in [7, 11) is -9.78. The fourth-order valence-electron chi connectivity index (χ4n) is 0. The molecule has 0 saturated carbocycles. The van der Waals surface area contributed by atoms with Gasteiger partial charge in [0.1, 0.15) is 0 Å². The maximum atomic E-state index is 8.77. The summed E-state index contributed by atoms with van der Waals surface area (Å²) in [5.41, 5.74) is 0. The van der Waals surface area contributed by atoms with Crippen LogP contribution in [0, 0.1) is 0 Å². The van der Waals surface area contributed by atoms with Crippen molar-refractivity contribution in [1.82, 2.24) is 0 Å². The Morgan fingerprint density at radius 1 is 0.769 bits per heavy atom. The second-order valence-electron chi connectivity index (χ2n) is 0.981. The molecular weight excluding hydrogens is 277 g/mol. The molecule has 0 aromatic heterocycles. The van der Waals surface area contributed by atoms with E-state index in [1.807, 2.05) is 0 Å². The second-order valence-corrected chi connectivity index (χ2v) is 2.94. The van der Waals surface area contributed by atoms with Gasteiger partial charge in [-0.2, -0.15) is 0 Å². The maximum Gasteiger partial charge on any atom is 0.262 e. The SMILES string of the molecule is O.O.O=P([O-])(O)O.O=P([O-])(O)O.[Mn]. The van der Waals surface area contributed by atoms with Crippen LogP contribution >= 0.6 is 15.6 Å². The van der Waals surface area contributed by atoms with Gasteiger partial charge in [0.15, 0.2) is 0 Å². The molecule has 87 valence electrons. The standard InChI is InChI=1S/Mn.2H3O4P.2H2O/c;2*1-5(2,3)4;;/h;2*(H3,1,2,3,4);2*1H2/p-2. The molecule has 0 aliphatic rings. The van der Waals surface area contributed by atoms with Crippen molar-refractivity contribution in [1.29, 1.82) is 0 Å². The second kappa shape index (κ2) is 10.7. The summed E-state index contributed by atoms with van der Waals surface area (Å²) in [4.78, 5) is 45.8. The summed E-state index contributed by atoms with van der Waals surface area (Å²) in [5, 5.41) is 0. The van der Waals surface area contributed by atoms with Crippen LogP contribution in [0.4, 0.5) is 0 Å². The molecular formula is H8MnO10P2-2. The summed E-state index contributed by atoms with van der Waals surface area (Å²) in [6.07, 6.45) is 0. The van der Waals surface area contributed by atoms with E-state index in [9.17, 15) is 0 Å². The molecule has 13 heteroatoms. The summed E-state index contributed by atoms with van der Waals surface area (Å²) < 4.78 is 17.5. The minimum absolute atomic E-state index is 0. The van der Waals surface area contributed by atoms with Crippen molar-refractivity contribution >= 4 is 15.6 Å². The molecule has 0 aromatic rings. The molecule has 10 nitrogen and oxygen atoms in total. The molecule has 0 aliphatic heterocycles. The van der Waals surface area contributed by atoms with E-state index in [0.29, 0.717) is 0 Å². The van der Waals surface area contributed by atoms with E-state index in [0.717, 1.165) is 0 Å². The Morgan fingerprint density at radius 3 is 0.769 bits per heavy atom. The van der Waals surface area contributed by atoms with E-state index in [2.05, 4.69) is 0 Å². The van der Waals surface area contributed by atoms with Crippen molar-refractivity contribution in [3.05, 3.63) is 0 Å². The first-order valence-electron chi connectivity index (χ1n) is 1.53. The molecule has 0 heterocycles. The quantitative estimate of drug-likeness (QED) is 0.249. The molecule has 0 rings (SSSR count). The van der Waals surface area contributed by atoms with Crippen molar-refractivity contribution in [2.45, 2.75) is 0 Å². The normalized spacial score (nSPS) is 9.08. The maximum absolute atomic E-state index is 8.77. The summed E-state index contributed by atoms with van der Waals surface area (Å²) in [6, 6.07) is 0. The van der Waals surface area contributed by atoms with Gasteiger partial charge in [0.05, 0.1) is 0 Å². The van der Waals surface area contributed by atoms with E-state index < -0.39 is 15.6 Å². The minimum atomic E-state index is -4.89. The number of hydrogen-bond acceptors (Lipinski definition) is 4. The minimum Gasteiger partial charge on any atom is -0.756 e. The Hall–Kier alpha value is 0.659. The predicted octanol–water partition coefficient (Wildman–Crippen LogP) is -4.77. The van der Waals surface area contributed by atoms with Gasteiger partial charge in [-0.15, -0.1) is 0 Å². The Kier molecular flexibility index (Phi) is 24.1. The first-order chi connectivity index (χ1) is 4.00. The molecule has 0 amide bonds. The van der Waals surface area contributed by atoms with Crippen molar-refractivity contribution in [3.63, 3.8) is 0 Å². The van der Waals surface area contributed by atoms with Crippen LogP contribution in [0.25, 0.3) is 0 Å². The van der Waals surface area contributed by atoms with E-state index in [1.165, 1.54) is 0 Å². The topological polar surface area (TPSA) is 224 Å². The first-order valence-corrected chi connectivity index (χ1v) is 4.59. The fourth-order valence-corrected chi connectivity index (χ4v) is 0. The Labute approximate surface area is 82.8 Å². The van der Waals surface area contributed by atoms with Gasteiger partial charge in [0, 0.05) is 17.1 Å². The van der Waals surface area contributed by atoms with Crippen molar-refractivity contribution in [2.24, 2.45) is 0 Å². The molecule has 0 aliphatic carbocycles. The fraction of sp³-hybridized carbons (Fsp3) is 0. The van der Waals surface area contributed by atoms with Gasteiger partial charge in [0.25, 0.3) is 15.6 Å². The number of phosphoric acid groups is 2. The van der Waals surface area contributed by atoms with Crippen molar-refractivity contribution in [2.75, 3.05) is 0 Å². The molecule has 1 radical (unpaired) electrons. The van der Waals surface area contributed by atoms with E-state index >= 15 is 0 Å². The third-order valence-corrected chi connectivity index (χ3v) is 0. The van der Waals surface area contributed by atoms with E-state index in [1.54, 1.807) is 0 Å². The van der Waals surface area contributed by atoms with Gasteiger partial charge in [-0.05, 0) is 0 Å². The Bertz CT molecular complexity index is 125. The third-order valence-electron chi connectivity index (χ3n) is 0. The largest absolute Gasteiger partial charge is 0.756 e. The monoisotopic (exact) mass is 285 g/mol. The zero-order valence-electron chi connectivity index (χ0n) is 5.69. The van der Waals surface area contributed by atoms with Crippen molar-refractivity contribution < 1.29 is 66.5 Å². The molecule has 0 bridgehead atoms. The van der Waals surface area contributed by atoms with Crippen LogP contribution in [0.2, 0.25) is 0 Å². The summed E-state index contributed by atoms with van der Waals surface area (Å²) >= 11 is 0. The van der Waals surface area contributed by atoms with Crippen LogP contribution < -0.4 is 9.79 Å². The van der Waals surface area contributed by atoms with Crippen LogP contribution in [0.15, 0.2) is 0 Å². The van der Waals surface area contributed by atoms with Crippen molar-refractivity contribution in [3.8, 4) is 0 Å². The summed E-state index contributed by atoms with van der Waals surface area (Å²) in [5.74, 6) is 0. The Balaban J connectivity index is -0.0000000267. The molecule has 8 N–H and O–H groups in total. The average molecular weight is 285 g/mol. The molecule has 0 atom stereocenters. The van der Waals surface area contributed by atoms with Gasteiger partial charge < -0.3 is 40.3 Å². The van der Waals surface area contributed by atoms with Gasteiger partial charge in [-0.25, -0.2) is 0 Å². The molecule has 0 spiro atoms. The van der Waals surface area contributed by atoms with Gasteiger partial charge in [-0.1, -0.05) is 0 Å². The molecule has 0 fully saturated rings. The van der Waals surface area contributed by atoms with Gasteiger partial charge in [0.2, 0.25) is 0 Å². The smallest absolute Gasteiger partial charge is 0.262 e. The van der Waals surface area contributed by atoms with Crippen LogP contribution in [-0.4, -0.2) is 30.5 Å². The Morgan fingerprint density at radius 2 is 0.769 bits per heavy atom. The van der Waals surface area contributed by atoms with Gasteiger partial charge >= 0.3 is 0 Å². The molecule has 0 unspecified atom stereocenters. The number of rotatable bonds is 0. The zero-order chi connectivity index (χ0) is 9.00. The van der Waals surface area contributed by atoms with E-state index in [-0.39, 0.29) is 28.0 Å². The average Bonchev–Trinajstić information content (AvgIpc) is 1.12. The predicted molar refractivity (Wildman–Crippen MR) is 31.3 cm³/mol. The van der Waals surface area contributed by atoms with E-state index in [4.69, 9.17) is 38.5 Å². The summed E-state index contributed by atoms with van der Waals surface area (Å²) in [6.45, 7) is 0. The zero-order valence-corrected chi connectivity index (χ0v) is 8.66. The van der Waals surface area contributed by atoms with Gasteiger partial charge in [-0.3, -0.25) is 9.13 Å². The third kappa shape index (κ3) is 3310. The first kappa shape index (κ1) is 29.2. The van der Waals surface area contributed by atoms with Crippen LogP contribution in [0.3, 0.4) is 0 Å². The molecule has 13 heavy (non-hydrogen) atoms.